The third-order valence-corrected chi connectivity index (χ3v) is 4.67. The van der Waals surface area contributed by atoms with E-state index in [0.29, 0.717) is 6.61 Å². The minimum atomic E-state index is 0.0239. The first-order valence-electron chi connectivity index (χ1n) is 8.58. The maximum Gasteiger partial charge on any atom is 0.318 e. The number of carbonyl (C=O) groups is 1. The van der Waals surface area contributed by atoms with Gasteiger partial charge in [-0.05, 0) is 50.7 Å². The Kier molecular flexibility index (Phi) is 5.39. The lowest BCUT2D eigenvalue weighted by Gasteiger charge is -2.23. The monoisotopic (exact) mass is 318 g/mol. The van der Waals surface area contributed by atoms with Crippen LogP contribution in [0.15, 0.2) is 28.2 Å². The van der Waals surface area contributed by atoms with Gasteiger partial charge < -0.3 is 19.4 Å². The van der Waals surface area contributed by atoms with Crippen molar-refractivity contribution in [2.75, 3.05) is 20.2 Å². The number of allylic oxidation sites excluding steroid dienone is 1. The van der Waals surface area contributed by atoms with Crippen LogP contribution in [0.4, 0.5) is 4.79 Å². The lowest BCUT2D eigenvalue weighted by Crippen LogP contribution is -2.39. The van der Waals surface area contributed by atoms with Crippen molar-refractivity contribution in [2.24, 2.45) is 0 Å². The summed E-state index contributed by atoms with van der Waals surface area (Å²) in [5, 5.41) is 3.06. The molecule has 5 heteroatoms. The van der Waals surface area contributed by atoms with Crippen molar-refractivity contribution in [3.8, 4) is 0 Å². The first kappa shape index (κ1) is 16.1. The fraction of sp³-hybridized carbons (Fsp3) is 0.611. The van der Waals surface area contributed by atoms with Crippen molar-refractivity contribution in [2.45, 2.75) is 51.2 Å². The molecule has 1 saturated heterocycles. The normalized spacial score (nSPS) is 20.8. The van der Waals surface area contributed by atoms with Crippen molar-refractivity contribution in [3.05, 3.63) is 35.3 Å². The molecule has 2 aliphatic rings. The van der Waals surface area contributed by atoms with Crippen LogP contribution in [0.25, 0.3) is 0 Å². The van der Waals surface area contributed by atoms with Gasteiger partial charge in [0.1, 0.15) is 18.1 Å². The van der Waals surface area contributed by atoms with Gasteiger partial charge in [0.2, 0.25) is 0 Å². The lowest BCUT2D eigenvalue weighted by atomic mass is 10.1. The van der Waals surface area contributed by atoms with E-state index in [1.165, 1.54) is 24.8 Å². The molecule has 0 unspecified atom stereocenters. The quantitative estimate of drug-likeness (QED) is 0.812. The van der Waals surface area contributed by atoms with Crippen LogP contribution >= 0.6 is 0 Å². The molecule has 0 bridgehead atoms. The zero-order valence-corrected chi connectivity index (χ0v) is 13.8. The molecule has 0 radical (unpaired) electrons. The van der Waals surface area contributed by atoms with E-state index < -0.39 is 0 Å². The van der Waals surface area contributed by atoms with Crippen LogP contribution < -0.4 is 5.32 Å². The summed E-state index contributed by atoms with van der Waals surface area (Å²) in [6.07, 6.45) is 8.91. The summed E-state index contributed by atoms with van der Waals surface area (Å²) >= 11 is 0. The molecule has 1 fully saturated rings. The second kappa shape index (κ2) is 7.68. The van der Waals surface area contributed by atoms with Gasteiger partial charge in [-0.25, -0.2) is 4.79 Å². The van der Waals surface area contributed by atoms with Gasteiger partial charge in [0, 0.05) is 20.2 Å². The maximum absolute atomic E-state index is 12.5. The Labute approximate surface area is 137 Å². The number of nitrogens with zero attached hydrogens (tertiary/aromatic N) is 1. The predicted molar refractivity (Wildman–Crippen MR) is 88.1 cm³/mol. The minimum absolute atomic E-state index is 0.0239. The third-order valence-electron chi connectivity index (χ3n) is 4.67. The highest BCUT2D eigenvalue weighted by atomic mass is 16.5. The first-order chi connectivity index (χ1) is 11.3. The number of urea groups is 1. The Bertz CT molecular complexity index is 564. The highest BCUT2D eigenvalue weighted by Crippen LogP contribution is 2.33. The smallest absolute Gasteiger partial charge is 0.318 e. The number of hydrogen-bond acceptors (Lipinski definition) is 3. The molecule has 0 aromatic carbocycles. The molecular formula is C18H26N2O3. The standard InChI is InChI=1S/C18H26N2O3/c1-22-13-15-8-9-17(23-15)16-7-4-12-20(16)18(21)19-11-10-14-5-2-3-6-14/h5,8-9,16H,2-4,6-7,10-13H2,1H3,(H,19,21)/t16-/m1/s1. The van der Waals surface area contributed by atoms with Crippen LogP contribution in [0.1, 0.15) is 56.1 Å². The van der Waals surface area contributed by atoms with Gasteiger partial charge >= 0.3 is 6.03 Å². The fourth-order valence-electron chi connectivity index (χ4n) is 3.49. The van der Waals surface area contributed by atoms with Crippen LogP contribution in [0.2, 0.25) is 0 Å². The van der Waals surface area contributed by atoms with Crippen molar-refractivity contribution in [1.82, 2.24) is 10.2 Å². The summed E-state index contributed by atoms with van der Waals surface area (Å²) in [7, 11) is 1.65. The molecular weight excluding hydrogens is 292 g/mol. The molecule has 1 atom stereocenters. The number of likely N-dealkylation sites (tertiary alicyclic amines) is 1. The van der Waals surface area contributed by atoms with E-state index in [1.807, 2.05) is 17.0 Å². The van der Waals surface area contributed by atoms with Gasteiger partial charge in [-0.2, -0.15) is 0 Å². The van der Waals surface area contributed by atoms with E-state index in [4.69, 9.17) is 9.15 Å². The van der Waals surface area contributed by atoms with Crippen molar-refractivity contribution < 1.29 is 13.9 Å². The maximum atomic E-state index is 12.5. The van der Waals surface area contributed by atoms with Gasteiger partial charge in [0.25, 0.3) is 0 Å². The van der Waals surface area contributed by atoms with Crippen LogP contribution in [-0.2, 0) is 11.3 Å². The number of rotatable bonds is 6. The van der Waals surface area contributed by atoms with Gasteiger partial charge in [-0.15, -0.1) is 0 Å². The average molecular weight is 318 g/mol. The summed E-state index contributed by atoms with van der Waals surface area (Å²) in [6, 6.07) is 3.97. The molecule has 1 aromatic heterocycles. The molecule has 1 aliphatic heterocycles. The number of carbonyl (C=O) groups excluding carboxylic acids is 1. The molecule has 1 N–H and O–H groups in total. The van der Waals surface area contributed by atoms with Crippen molar-refractivity contribution >= 4 is 6.03 Å². The Morgan fingerprint density at radius 1 is 1.43 bits per heavy atom. The van der Waals surface area contributed by atoms with Crippen LogP contribution in [0.3, 0.4) is 0 Å². The Balaban J connectivity index is 1.53. The third kappa shape index (κ3) is 3.96. The zero-order valence-electron chi connectivity index (χ0n) is 13.8. The van der Waals surface area contributed by atoms with Gasteiger partial charge in [-0.3, -0.25) is 0 Å². The average Bonchev–Trinajstić information content (AvgIpc) is 3.28. The molecule has 2 amide bonds. The highest BCUT2D eigenvalue weighted by Gasteiger charge is 2.32. The molecule has 23 heavy (non-hydrogen) atoms. The largest absolute Gasteiger partial charge is 0.461 e. The highest BCUT2D eigenvalue weighted by molar-refractivity contribution is 5.75. The Morgan fingerprint density at radius 3 is 3.13 bits per heavy atom. The number of ether oxygens (including phenoxy) is 1. The summed E-state index contributed by atoms with van der Waals surface area (Å²) in [4.78, 5) is 14.4. The topological polar surface area (TPSA) is 54.7 Å². The van der Waals surface area contributed by atoms with Gasteiger partial charge in [0.05, 0.1) is 6.04 Å². The van der Waals surface area contributed by atoms with E-state index in [0.717, 1.165) is 43.9 Å². The number of hydrogen-bond donors (Lipinski definition) is 1. The van der Waals surface area contributed by atoms with E-state index in [9.17, 15) is 4.79 Å². The van der Waals surface area contributed by atoms with Crippen LogP contribution in [0, 0.1) is 0 Å². The molecule has 0 spiro atoms. The second-order valence-corrected chi connectivity index (χ2v) is 6.33. The molecule has 2 heterocycles. The van der Waals surface area contributed by atoms with E-state index >= 15 is 0 Å². The number of furan rings is 1. The summed E-state index contributed by atoms with van der Waals surface area (Å²) in [5.74, 6) is 1.67. The predicted octanol–water partition coefficient (Wildman–Crippen LogP) is 3.77. The van der Waals surface area contributed by atoms with Crippen molar-refractivity contribution in [3.63, 3.8) is 0 Å². The molecule has 3 rings (SSSR count). The number of amides is 2. The molecule has 1 aliphatic carbocycles. The Morgan fingerprint density at radius 2 is 2.35 bits per heavy atom. The minimum Gasteiger partial charge on any atom is -0.461 e. The van der Waals surface area contributed by atoms with E-state index in [-0.39, 0.29) is 12.1 Å². The van der Waals surface area contributed by atoms with Crippen LogP contribution in [-0.4, -0.2) is 31.1 Å². The fourth-order valence-corrected chi connectivity index (χ4v) is 3.49. The van der Waals surface area contributed by atoms with Gasteiger partial charge in [0.15, 0.2) is 0 Å². The first-order valence-corrected chi connectivity index (χ1v) is 8.58. The molecule has 1 aromatic rings. The molecule has 126 valence electrons. The van der Waals surface area contributed by atoms with Crippen LogP contribution in [0.5, 0.6) is 0 Å². The summed E-state index contributed by atoms with van der Waals surface area (Å²) in [5.41, 5.74) is 1.48. The van der Waals surface area contributed by atoms with E-state index in [1.54, 1.807) is 7.11 Å². The number of nitrogens with one attached hydrogen (secondary N) is 1. The zero-order chi connectivity index (χ0) is 16.1. The molecule has 0 saturated carbocycles. The SMILES string of the molecule is COCc1ccc([C@H]2CCCN2C(=O)NCCC2=CCCC2)o1. The summed E-state index contributed by atoms with van der Waals surface area (Å²) in [6.45, 7) is 1.98. The Hall–Kier alpha value is -1.75. The lowest BCUT2D eigenvalue weighted by molar-refractivity contribution is 0.156. The van der Waals surface area contributed by atoms with Crippen molar-refractivity contribution in [1.29, 1.82) is 0 Å². The van der Waals surface area contributed by atoms with E-state index in [2.05, 4.69) is 11.4 Å². The summed E-state index contributed by atoms with van der Waals surface area (Å²) < 4.78 is 10.9. The van der Waals surface area contributed by atoms with Gasteiger partial charge in [-0.1, -0.05) is 11.6 Å². The molecule has 5 nitrogen and oxygen atoms in total. The second-order valence-electron chi connectivity index (χ2n) is 6.33. The number of methoxy groups -OCH3 is 1.